The normalized spacial score (nSPS) is 11.5. The Bertz CT molecular complexity index is 784. The van der Waals surface area contributed by atoms with E-state index in [4.69, 9.17) is 4.74 Å². The summed E-state index contributed by atoms with van der Waals surface area (Å²) in [6.07, 6.45) is 4.16. The molecule has 0 unspecified atom stereocenters. The Morgan fingerprint density at radius 3 is 2.42 bits per heavy atom. The van der Waals surface area contributed by atoms with Crippen LogP contribution in [-0.4, -0.2) is 56.1 Å². The lowest BCUT2D eigenvalue weighted by Crippen LogP contribution is -2.34. The first kappa shape index (κ1) is 18.1. The Hall–Kier alpha value is -2.26. The molecule has 7 nitrogen and oxygen atoms in total. The minimum absolute atomic E-state index is 0.266. The lowest BCUT2D eigenvalue weighted by molar-refractivity contribution is 0.456. The summed E-state index contributed by atoms with van der Waals surface area (Å²) in [5.41, 5.74) is 0. The minimum atomic E-state index is -3.22. The number of rotatable bonds is 7. The molecule has 0 aliphatic carbocycles. The number of nitrogens with zero attached hydrogens (tertiary/aromatic N) is 4. The van der Waals surface area contributed by atoms with Crippen molar-refractivity contribution in [1.82, 2.24) is 14.3 Å². The van der Waals surface area contributed by atoms with Crippen molar-refractivity contribution >= 4 is 15.8 Å². The Morgan fingerprint density at radius 2 is 1.79 bits per heavy atom. The third-order valence-corrected chi connectivity index (χ3v) is 4.66. The van der Waals surface area contributed by atoms with Gasteiger partial charge in [0.15, 0.2) is 5.82 Å². The molecule has 0 spiro atoms. The summed E-state index contributed by atoms with van der Waals surface area (Å²) in [5, 5.41) is 0. The molecule has 0 aliphatic rings. The van der Waals surface area contributed by atoms with Crippen molar-refractivity contribution < 1.29 is 17.5 Å². The molecule has 2 rings (SSSR count). The predicted molar refractivity (Wildman–Crippen MR) is 89.2 cm³/mol. The van der Waals surface area contributed by atoms with Crippen molar-refractivity contribution in [1.29, 1.82) is 0 Å². The number of halogens is 1. The number of anilines is 1. The van der Waals surface area contributed by atoms with Gasteiger partial charge in [-0.2, -0.15) is 4.98 Å². The zero-order valence-corrected chi connectivity index (χ0v) is 14.5. The van der Waals surface area contributed by atoms with Crippen LogP contribution in [0.1, 0.15) is 0 Å². The highest BCUT2D eigenvalue weighted by Crippen LogP contribution is 2.20. The molecule has 0 bridgehead atoms. The Kier molecular flexibility index (Phi) is 5.68. The van der Waals surface area contributed by atoms with Gasteiger partial charge in [-0.15, -0.1) is 0 Å². The maximum absolute atomic E-state index is 12.9. The zero-order chi connectivity index (χ0) is 17.7. The molecule has 0 amide bonds. The molecule has 1 aromatic heterocycles. The first-order valence-corrected chi connectivity index (χ1v) is 8.98. The highest BCUT2D eigenvalue weighted by atomic mass is 32.2. The van der Waals surface area contributed by atoms with Crippen LogP contribution in [0.4, 0.5) is 10.2 Å². The van der Waals surface area contributed by atoms with Crippen molar-refractivity contribution in [2.24, 2.45) is 0 Å². The second-order valence-corrected chi connectivity index (χ2v) is 7.37. The molecule has 0 atom stereocenters. The van der Waals surface area contributed by atoms with Gasteiger partial charge in [-0.3, -0.25) is 4.98 Å². The standard InChI is InChI=1S/C15H19FN4O3S/c1-19(8-9-20(2)24(3,21)22)14-10-17-11-15(18-14)23-13-6-4-12(16)5-7-13/h4-7,10-11H,8-9H2,1-3H3. The maximum atomic E-state index is 12.9. The fourth-order valence-corrected chi connectivity index (χ4v) is 2.18. The number of likely N-dealkylation sites (N-methyl/N-ethyl adjacent to an activating group) is 2. The second-order valence-electron chi connectivity index (χ2n) is 5.28. The third-order valence-electron chi connectivity index (χ3n) is 3.34. The molecule has 0 saturated carbocycles. The molecule has 0 radical (unpaired) electrons. The van der Waals surface area contributed by atoms with Gasteiger partial charge in [-0.25, -0.2) is 17.1 Å². The molecule has 0 fully saturated rings. The minimum Gasteiger partial charge on any atom is -0.437 e. The van der Waals surface area contributed by atoms with Crippen LogP contribution in [0.5, 0.6) is 11.6 Å². The van der Waals surface area contributed by atoms with Crippen molar-refractivity contribution in [3.05, 3.63) is 42.5 Å². The Balaban J connectivity index is 2.02. The van der Waals surface area contributed by atoms with E-state index in [1.807, 2.05) is 0 Å². The quantitative estimate of drug-likeness (QED) is 0.754. The average molecular weight is 354 g/mol. The highest BCUT2D eigenvalue weighted by molar-refractivity contribution is 7.88. The molecule has 1 aromatic carbocycles. The average Bonchev–Trinajstić information content (AvgIpc) is 2.54. The Morgan fingerprint density at radius 1 is 1.12 bits per heavy atom. The van der Waals surface area contributed by atoms with E-state index in [9.17, 15) is 12.8 Å². The number of hydrogen-bond donors (Lipinski definition) is 0. The summed E-state index contributed by atoms with van der Waals surface area (Å²) in [7, 11) is 0.0786. The summed E-state index contributed by atoms with van der Waals surface area (Å²) in [6.45, 7) is 0.762. The number of hydrogen-bond acceptors (Lipinski definition) is 6. The first-order valence-electron chi connectivity index (χ1n) is 7.13. The monoisotopic (exact) mass is 354 g/mol. The lowest BCUT2D eigenvalue weighted by atomic mass is 10.3. The van der Waals surface area contributed by atoms with Crippen molar-refractivity contribution in [2.75, 3.05) is 38.3 Å². The van der Waals surface area contributed by atoms with Crippen LogP contribution >= 0.6 is 0 Å². The van der Waals surface area contributed by atoms with Gasteiger partial charge in [0, 0.05) is 27.2 Å². The van der Waals surface area contributed by atoms with E-state index < -0.39 is 10.0 Å². The van der Waals surface area contributed by atoms with Crippen LogP contribution in [0, 0.1) is 5.82 Å². The lowest BCUT2D eigenvalue weighted by Gasteiger charge is -2.21. The Labute approximate surface area is 140 Å². The molecule has 0 N–H and O–H groups in total. The van der Waals surface area contributed by atoms with Gasteiger partial charge in [0.1, 0.15) is 11.6 Å². The van der Waals surface area contributed by atoms with Crippen molar-refractivity contribution in [3.63, 3.8) is 0 Å². The fraction of sp³-hybridized carbons (Fsp3) is 0.333. The summed E-state index contributed by atoms with van der Waals surface area (Å²) in [4.78, 5) is 10.1. The molecule has 0 aliphatic heterocycles. The number of aromatic nitrogens is 2. The molecule has 24 heavy (non-hydrogen) atoms. The summed E-state index contributed by atoms with van der Waals surface area (Å²) >= 11 is 0. The van der Waals surface area contributed by atoms with Crippen LogP contribution in [0.2, 0.25) is 0 Å². The first-order chi connectivity index (χ1) is 11.3. The van der Waals surface area contributed by atoms with Crippen molar-refractivity contribution in [2.45, 2.75) is 0 Å². The van der Waals surface area contributed by atoms with Crippen LogP contribution < -0.4 is 9.64 Å². The maximum Gasteiger partial charge on any atom is 0.239 e. The van der Waals surface area contributed by atoms with Gasteiger partial charge in [-0.05, 0) is 24.3 Å². The summed E-state index contributed by atoms with van der Waals surface area (Å²) in [5.74, 6) is 0.901. The molecular weight excluding hydrogens is 335 g/mol. The van der Waals surface area contributed by atoms with E-state index in [1.54, 1.807) is 18.1 Å². The topological polar surface area (TPSA) is 75.6 Å². The van der Waals surface area contributed by atoms with E-state index in [2.05, 4.69) is 9.97 Å². The van der Waals surface area contributed by atoms with Gasteiger partial charge in [-0.1, -0.05) is 0 Å². The van der Waals surface area contributed by atoms with Crippen LogP contribution in [-0.2, 0) is 10.0 Å². The van der Waals surface area contributed by atoms with Crippen LogP contribution in [0.25, 0.3) is 0 Å². The summed E-state index contributed by atoms with van der Waals surface area (Å²) in [6, 6.07) is 5.57. The van der Waals surface area contributed by atoms with Gasteiger partial charge in [0.2, 0.25) is 15.9 Å². The molecule has 0 saturated heterocycles. The molecule has 2 aromatic rings. The molecule has 9 heteroatoms. The highest BCUT2D eigenvalue weighted by Gasteiger charge is 2.13. The number of sulfonamides is 1. The van der Waals surface area contributed by atoms with Gasteiger partial charge in [0.05, 0.1) is 18.6 Å². The van der Waals surface area contributed by atoms with Crippen LogP contribution in [0.15, 0.2) is 36.7 Å². The smallest absolute Gasteiger partial charge is 0.239 e. The molecular formula is C15H19FN4O3S. The SMILES string of the molecule is CN(CCN(C)S(C)(=O)=O)c1cncc(Oc2ccc(F)cc2)n1. The molecule has 1 heterocycles. The van der Waals surface area contributed by atoms with Gasteiger partial charge < -0.3 is 9.64 Å². The van der Waals surface area contributed by atoms with E-state index in [-0.39, 0.29) is 11.7 Å². The predicted octanol–water partition coefficient (Wildman–Crippen LogP) is 1.74. The fourth-order valence-electron chi connectivity index (χ4n) is 1.77. The second kappa shape index (κ2) is 7.54. The van der Waals surface area contributed by atoms with Gasteiger partial charge in [0.25, 0.3) is 0 Å². The van der Waals surface area contributed by atoms with E-state index in [0.29, 0.717) is 24.7 Å². The third kappa shape index (κ3) is 5.14. The number of benzene rings is 1. The van der Waals surface area contributed by atoms with Crippen LogP contribution in [0.3, 0.4) is 0 Å². The molecule has 130 valence electrons. The summed E-state index contributed by atoms with van der Waals surface area (Å²) < 4.78 is 42.5. The van der Waals surface area contributed by atoms with Gasteiger partial charge >= 0.3 is 0 Å². The largest absolute Gasteiger partial charge is 0.437 e. The number of ether oxygens (including phenoxy) is 1. The van der Waals surface area contributed by atoms with E-state index >= 15 is 0 Å². The van der Waals surface area contributed by atoms with E-state index in [0.717, 1.165) is 6.26 Å². The van der Waals surface area contributed by atoms with Crippen molar-refractivity contribution in [3.8, 4) is 11.6 Å². The van der Waals surface area contributed by atoms with E-state index in [1.165, 1.54) is 41.8 Å². The zero-order valence-electron chi connectivity index (χ0n) is 13.7.